The first-order chi connectivity index (χ1) is 19.2. The fourth-order valence-electron chi connectivity index (χ4n) is 4.53. The number of sulfone groups is 1. The summed E-state index contributed by atoms with van der Waals surface area (Å²) in [5.41, 5.74) is -2.42. The van der Waals surface area contributed by atoms with Crippen LogP contribution in [0, 0.1) is 0 Å². The van der Waals surface area contributed by atoms with Crippen LogP contribution in [-0.2, 0) is 32.1 Å². The molecule has 1 atom stereocenters. The molecule has 0 aliphatic carbocycles. The first-order valence-corrected chi connectivity index (χ1v) is 14.2. The molecule has 2 aliphatic heterocycles. The third-order valence-corrected chi connectivity index (χ3v) is 8.40. The number of nitrogens with one attached hydrogen (secondary N) is 1. The van der Waals surface area contributed by atoms with Crippen molar-refractivity contribution in [2.24, 2.45) is 0 Å². The van der Waals surface area contributed by atoms with Crippen molar-refractivity contribution in [3.63, 3.8) is 0 Å². The molecule has 1 unspecified atom stereocenters. The molecule has 218 valence electrons. The van der Waals surface area contributed by atoms with Crippen LogP contribution in [0.1, 0.15) is 38.1 Å². The second-order valence-electron chi connectivity index (χ2n) is 10.1. The van der Waals surface area contributed by atoms with E-state index in [0.29, 0.717) is 13.0 Å². The average Bonchev–Trinajstić information content (AvgIpc) is 3.62. The molecule has 0 radical (unpaired) electrons. The SMILES string of the molecule is CC1(C)NC(=O)N(Cc2nc(-c3ccc(Oc4ccccc4S(=O)(=O)CC4CCCO4)c(C(F)(F)F)c3)no2)C1=O. The number of imide groups is 1. The number of amides is 3. The fourth-order valence-corrected chi connectivity index (χ4v) is 6.17. The molecular formula is C26H25F3N4O7S. The molecule has 11 nitrogen and oxygen atoms in total. The lowest BCUT2D eigenvalue weighted by atomic mass is 10.1. The molecule has 2 aliphatic rings. The largest absolute Gasteiger partial charge is 0.455 e. The van der Waals surface area contributed by atoms with Crippen molar-refractivity contribution in [3.8, 4) is 22.9 Å². The van der Waals surface area contributed by atoms with Crippen molar-refractivity contribution >= 4 is 21.8 Å². The number of hydrogen-bond acceptors (Lipinski definition) is 9. The number of rotatable bonds is 8. The zero-order chi connectivity index (χ0) is 29.6. The number of alkyl halides is 3. The normalized spacial score (nSPS) is 19.0. The van der Waals surface area contributed by atoms with Gasteiger partial charge in [0.15, 0.2) is 9.84 Å². The topological polar surface area (TPSA) is 141 Å². The number of ether oxygens (including phenoxy) is 2. The predicted molar refractivity (Wildman–Crippen MR) is 135 cm³/mol. The summed E-state index contributed by atoms with van der Waals surface area (Å²) in [4.78, 5) is 29.2. The summed E-state index contributed by atoms with van der Waals surface area (Å²) in [7, 11) is -3.94. The summed E-state index contributed by atoms with van der Waals surface area (Å²) in [6.07, 6.45) is -4.10. The number of halogens is 3. The maximum atomic E-state index is 14.1. The maximum absolute atomic E-state index is 14.1. The van der Waals surface area contributed by atoms with Gasteiger partial charge in [0.1, 0.15) is 28.5 Å². The molecule has 1 N–H and O–H groups in total. The molecule has 3 heterocycles. The molecule has 0 saturated carbocycles. The molecule has 2 aromatic carbocycles. The highest BCUT2D eigenvalue weighted by Crippen LogP contribution is 2.41. The minimum Gasteiger partial charge on any atom is -0.455 e. The van der Waals surface area contributed by atoms with Crippen LogP contribution in [0.3, 0.4) is 0 Å². The number of benzene rings is 2. The van der Waals surface area contributed by atoms with E-state index >= 15 is 0 Å². The number of carbonyl (C=O) groups excluding carboxylic acids is 2. The van der Waals surface area contributed by atoms with Crippen LogP contribution in [0.5, 0.6) is 11.5 Å². The van der Waals surface area contributed by atoms with Crippen LogP contribution in [0.25, 0.3) is 11.4 Å². The van der Waals surface area contributed by atoms with Crippen molar-refractivity contribution < 1.29 is 45.2 Å². The van der Waals surface area contributed by atoms with Gasteiger partial charge in [-0.1, -0.05) is 17.3 Å². The van der Waals surface area contributed by atoms with Gasteiger partial charge in [-0.05, 0) is 57.0 Å². The highest BCUT2D eigenvalue weighted by Gasteiger charge is 2.45. The van der Waals surface area contributed by atoms with Crippen LogP contribution >= 0.6 is 0 Å². The third-order valence-electron chi connectivity index (χ3n) is 6.58. The maximum Gasteiger partial charge on any atom is 0.420 e. The molecule has 5 rings (SSSR count). The fraction of sp³-hybridized carbons (Fsp3) is 0.385. The van der Waals surface area contributed by atoms with E-state index in [2.05, 4.69) is 15.5 Å². The molecule has 0 bridgehead atoms. The number of aromatic nitrogens is 2. The van der Waals surface area contributed by atoms with E-state index in [9.17, 15) is 31.2 Å². The van der Waals surface area contributed by atoms with Crippen molar-refractivity contribution in [2.75, 3.05) is 12.4 Å². The van der Waals surface area contributed by atoms with Gasteiger partial charge in [-0.2, -0.15) is 18.2 Å². The molecule has 2 fully saturated rings. The number of para-hydroxylation sites is 1. The Morgan fingerprint density at radius 1 is 1.15 bits per heavy atom. The van der Waals surface area contributed by atoms with Crippen molar-refractivity contribution in [1.82, 2.24) is 20.4 Å². The highest BCUT2D eigenvalue weighted by molar-refractivity contribution is 7.91. The molecule has 1 aromatic heterocycles. The van der Waals surface area contributed by atoms with Gasteiger partial charge in [0, 0.05) is 12.2 Å². The first kappa shape index (κ1) is 28.5. The first-order valence-electron chi connectivity index (χ1n) is 12.5. The van der Waals surface area contributed by atoms with E-state index < -0.39 is 50.9 Å². The monoisotopic (exact) mass is 594 g/mol. The van der Waals surface area contributed by atoms with Crippen LogP contribution in [0.2, 0.25) is 0 Å². The summed E-state index contributed by atoms with van der Waals surface area (Å²) in [5.74, 6) is -2.13. The van der Waals surface area contributed by atoms with Gasteiger partial charge in [-0.25, -0.2) is 13.2 Å². The minimum absolute atomic E-state index is 0.0866. The van der Waals surface area contributed by atoms with E-state index in [-0.39, 0.29) is 40.2 Å². The zero-order valence-electron chi connectivity index (χ0n) is 21.9. The minimum atomic E-state index is -4.89. The lowest BCUT2D eigenvalue weighted by molar-refractivity contribution is -0.138. The van der Waals surface area contributed by atoms with Crippen LogP contribution in [0.4, 0.5) is 18.0 Å². The molecule has 41 heavy (non-hydrogen) atoms. The van der Waals surface area contributed by atoms with Crippen molar-refractivity contribution in [2.45, 2.75) is 55.9 Å². The van der Waals surface area contributed by atoms with Gasteiger partial charge in [0.05, 0.1) is 17.4 Å². The lowest BCUT2D eigenvalue weighted by Crippen LogP contribution is -2.40. The van der Waals surface area contributed by atoms with Gasteiger partial charge in [-0.15, -0.1) is 0 Å². The quantitative estimate of drug-likeness (QED) is 0.377. The van der Waals surface area contributed by atoms with Crippen LogP contribution in [0.15, 0.2) is 51.9 Å². The van der Waals surface area contributed by atoms with Gasteiger partial charge in [0.2, 0.25) is 11.7 Å². The summed E-state index contributed by atoms with van der Waals surface area (Å²) in [6, 6.07) is 7.81. The van der Waals surface area contributed by atoms with Gasteiger partial charge >= 0.3 is 12.2 Å². The van der Waals surface area contributed by atoms with Crippen LogP contribution < -0.4 is 10.1 Å². The molecule has 0 spiro atoms. The predicted octanol–water partition coefficient (Wildman–Crippen LogP) is 4.33. The number of urea groups is 1. The Morgan fingerprint density at radius 3 is 2.56 bits per heavy atom. The summed E-state index contributed by atoms with van der Waals surface area (Å²) in [5, 5.41) is 6.19. The summed E-state index contributed by atoms with van der Waals surface area (Å²) in [6.45, 7) is 3.12. The van der Waals surface area contributed by atoms with E-state index in [1.807, 2.05) is 0 Å². The van der Waals surface area contributed by atoms with E-state index in [0.717, 1.165) is 23.5 Å². The number of carbonyl (C=O) groups is 2. The lowest BCUT2D eigenvalue weighted by Gasteiger charge is -2.17. The Balaban J connectivity index is 1.41. The Hall–Kier alpha value is -3.98. The zero-order valence-corrected chi connectivity index (χ0v) is 22.7. The van der Waals surface area contributed by atoms with E-state index in [1.54, 1.807) is 0 Å². The van der Waals surface area contributed by atoms with Crippen molar-refractivity contribution in [3.05, 3.63) is 53.9 Å². The van der Waals surface area contributed by atoms with Gasteiger partial charge in [0.25, 0.3) is 5.91 Å². The second-order valence-corrected chi connectivity index (χ2v) is 12.1. The van der Waals surface area contributed by atoms with Crippen molar-refractivity contribution in [1.29, 1.82) is 0 Å². The molecule has 3 aromatic rings. The molecule has 2 saturated heterocycles. The summed E-state index contributed by atoms with van der Waals surface area (Å²) >= 11 is 0. The Morgan fingerprint density at radius 2 is 1.90 bits per heavy atom. The molecule has 15 heteroatoms. The average molecular weight is 595 g/mol. The number of hydrogen-bond donors (Lipinski definition) is 1. The molecule has 3 amide bonds. The van der Waals surface area contributed by atoms with E-state index in [4.69, 9.17) is 14.0 Å². The summed E-state index contributed by atoms with van der Waals surface area (Å²) < 4.78 is 84.5. The molecular weight excluding hydrogens is 569 g/mol. The Bertz CT molecular complexity index is 1600. The standard InChI is InChI=1S/C26H25F3N4O7S/c1-25(2)23(34)33(24(35)31-25)13-21-30-22(32-40-21)15-9-10-18(17(12-15)26(27,28)29)39-19-7-3-4-8-20(19)41(36,37)14-16-6-5-11-38-16/h3-4,7-10,12,16H,5-6,11,13-14H2,1-2H3,(H,31,35). The van der Waals surface area contributed by atoms with Gasteiger partial charge < -0.3 is 19.3 Å². The Labute approximate surface area is 232 Å². The highest BCUT2D eigenvalue weighted by atomic mass is 32.2. The second kappa shape index (κ2) is 10.4. The van der Waals surface area contributed by atoms with Gasteiger partial charge in [-0.3, -0.25) is 9.69 Å². The van der Waals surface area contributed by atoms with Crippen LogP contribution in [-0.4, -0.2) is 59.4 Å². The third kappa shape index (κ3) is 5.91. The number of nitrogens with zero attached hydrogens (tertiary/aromatic N) is 3. The Kier molecular flexibility index (Phi) is 7.27. The smallest absolute Gasteiger partial charge is 0.420 e. The van der Waals surface area contributed by atoms with E-state index in [1.165, 1.54) is 44.2 Å².